The number of carbonyl (C=O) groups is 1. The highest BCUT2D eigenvalue weighted by atomic mass is 32.1. The molecule has 0 bridgehead atoms. The SMILES string of the molecule is COc1ccc(N(C=O)c2nc(-c3ccccc3)cs2)cc1. The van der Waals surface area contributed by atoms with E-state index in [2.05, 4.69) is 4.98 Å². The molecule has 0 spiro atoms. The van der Waals surface area contributed by atoms with Crippen LogP contribution in [-0.2, 0) is 4.79 Å². The van der Waals surface area contributed by atoms with Crippen LogP contribution in [0.15, 0.2) is 60.0 Å². The number of hydrogen-bond donors (Lipinski definition) is 0. The van der Waals surface area contributed by atoms with Gasteiger partial charge in [-0.3, -0.25) is 9.69 Å². The fraction of sp³-hybridized carbons (Fsp3) is 0.0588. The molecule has 1 heterocycles. The number of nitrogens with zero attached hydrogens (tertiary/aromatic N) is 2. The monoisotopic (exact) mass is 310 g/mol. The van der Waals surface area contributed by atoms with Gasteiger partial charge in [-0.05, 0) is 24.3 Å². The molecule has 110 valence electrons. The predicted molar refractivity (Wildman–Crippen MR) is 88.7 cm³/mol. The third-order valence-corrected chi connectivity index (χ3v) is 4.06. The van der Waals surface area contributed by atoms with Gasteiger partial charge in [0.05, 0.1) is 18.5 Å². The van der Waals surface area contributed by atoms with Crippen LogP contribution < -0.4 is 9.64 Å². The molecule has 4 nitrogen and oxygen atoms in total. The van der Waals surface area contributed by atoms with Gasteiger partial charge in [-0.25, -0.2) is 4.98 Å². The maximum absolute atomic E-state index is 11.5. The van der Waals surface area contributed by atoms with E-state index in [4.69, 9.17) is 4.74 Å². The standard InChI is InChI=1S/C17H14N2O2S/c1-21-15-9-7-14(8-10-15)19(12-20)17-18-16(11-22-17)13-5-3-2-4-6-13/h2-12H,1H3. The lowest BCUT2D eigenvalue weighted by molar-refractivity contribution is -0.106. The Hall–Kier alpha value is -2.66. The Labute approximate surface area is 132 Å². The molecule has 0 saturated carbocycles. The largest absolute Gasteiger partial charge is 0.497 e. The summed E-state index contributed by atoms with van der Waals surface area (Å²) in [6, 6.07) is 17.2. The molecule has 1 amide bonds. The van der Waals surface area contributed by atoms with E-state index in [1.165, 1.54) is 16.2 Å². The van der Waals surface area contributed by atoms with Crippen LogP contribution in [0.2, 0.25) is 0 Å². The average Bonchev–Trinajstić information content (AvgIpc) is 3.07. The van der Waals surface area contributed by atoms with Gasteiger partial charge in [-0.2, -0.15) is 0 Å². The number of methoxy groups -OCH3 is 1. The lowest BCUT2D eigenvalue weighted by Crippen LogP contribution is -2.13. The highest BCUT2D eigenvalue weighted by molar-refractivity contribution is 7.14. The first-order valence-corrected chi connectivity index (χ1v) is 7.59. The summed E-state index contributed by atoms with van der Waals surface area (Å²) in [6.07, 6.45) is 0.773. The number of amides is 1. The Morgan fingerprint density at radius 3 is 2.45 bits per heavy atom. The van der Waals surface area contributed by atoms with Crippen LogP contribution in [0.1, 0.15) is 0 Å². The van der Waals surface area contributed by atoms with Gasteiger partial charge < -0.3 is 4.74 Å². The van der Waals surface area contributed by atoms with Crippen molar-refractivity contribution >= 4 is 28.6 Å². The zero-order valence-electron chi connectivity index (χ0n) is 12.0. The van der Waals surface area contributed by atoms with Crippen molar-refractivity contribution in [2.75, 3.05) is 12.0 Å². The number of thiazole rings is 1. The second kappa shape index (κ2) is 6.41. The smallest absolute Gasteiger partial charge is 0.220 e. The van der Waals surface area contributed by atoms with Crippen molar-refractivity contribution in [2.24, 2.45) is 0 Å². The van der Waals surface area contributed by atoms with Crippen molar-refractivity contribution in [3.63, 3.8) is 0 Å². The Morgan fingerprint density at radius 1 is 1.09 bits per heavy atom. The van der Waals surface area contributed by atoms with Crippen LogP contribution in [0, 0.1) is 0 Å². The second-order valence-electron chi connectivity index (χ2n) is 4.55. The number of aromatic nitrogens is 1. The lowest BCUT2D eigenvalue weighted by atomic mass is 10.2. The topological polar surface area (TPSA) is 42.4 Å². The average molecular weight is 310 g/mol. The molecule has 0 aliphatic rings. The maximum Gasteiger partial charge on any atom is 0.220 e. The van der Waals surface area contributed by atoms with Crippen LogP contribution in [0.3, 0.4) is 0 Å². The Bertz CT molecular complexity index is 754. The summed E-state index contributed by atoms with van der Waals surface area (Å²) < 4.78 is 5.13. The minimum absolute atomic E-state index is 0.638. The third-order valence-electron chi connectivity index (χ3n) is 3.22. The summed E-state index contributed by atoms with van der Waals surface area (Å²) >= 11 is 1.43. The van der Waals surface area contributed by atoms with Crippen LogP contribution in [0.25, 0.3) is 11.3 Å². The third kappa shape index (κ3) is 2.84. The van der Waals surface area contributed by atoms with Gasteiger partial charge in [-0.15, -0.1) is 11.3 Å². The Morgan fingerprint density at radius 2 is 1.82 bits per heavy atom. The van der Waals surface area contributed by atoms with E-state index in [-0.39, 0.29) is 0 Å². The molecule has 22 heavy (non-hydrogen) atoms. The molecule has 2 aromatic carbocycles. The molecule has 0 atom stereocenters. The Kier molecular flexibility index (Phi) is 4.16. The number of benzene rings is 2. The van der Waals surface area contributed by atoms with Gasteiger partial charge in [0.2, 0.25) is 6.41 Å². The zero-order valence-corrected chi connectivity index (χ0v) is 12.8. The number of rotatable bonds is 5. The summed E-state index contributed by atoms with van der Waals surface area (Å²) in [5, 5.41) is 2.59. The van der Waals surface area contributed by atoms with Crippen molar-refractivity contribution in [3.05, 3.63) is 60.0 Å². The number of ether oxygens (including phenoxy) is 1. The summed E-state index contributed by atoms with van der Waals surface area (Å²) in [5.41, 5.74) is 2.65. The van der Waals surface area contributed by atoms with Crippen LogP contribution in [0.5, 0.6) is 5.75 Å². The van der Waals surface area contributed by atoms with Crippen molar-refractivity contribution in [3.8, 4) is 17.0 Å². The molecular weight excluding hydrogens is 296 g/mol. The first kappa shape index (κ1) is 14.3. The van der Waals surface area contributed by atoms with Crippen LogP contribution >= 0.6 is 11.3 Å². The summed E-state index contributed by atoms with van der Waals surface area (Å²) in [6.45, 7) is 0. The molecule has 0 radical (unpaired) electrons. The molecule has 0 fully saturated rings. The highest BCUT2D eigenvalue weighted by Crippen LogP contribution is 2.31. The van der Waals surface area contributed by atoms with Gasteiger partial charge in [0.25, 0.3) is 0 Å². The Balaban J connectivity index is 1.91. The fourth-order valence-electron chi connectivity index (χ4n) is 2.08. The molecule has 0 saturated heterocycles. The molecule has 3 rings (SSSR count). The minimum Gasteiger partial charge on any atom is -0.497 e. The lowest BCUT2D eigenvalue weighted by Gasteiger charge is -2.14. The van der Waals surface area contributed by atoms with Crippen molar-refractivity contribution in [2.45, 2.75) is 0 Å². The molecule has 0 aliphatic heterocycles. The van der Waals surface area contributed by atoms with Crippen molar-refractivity contribution < 1.29 is 9.53 Å². The van der Waals surface area contributed by atoms with E-state index in [1.54, 1.807) is 7.11 Å². The van der Waals surface area contributed by atoms with E-state index < -0.39 is 0 Å². The first-order valence-electron chi connectivity index (χ1n) is 6.71. The molecule has 1 aromatic heterocycles. The van der Waals surface area contributed by atoms with Gasteiger partial charge in [0.15, 0.2) is 5.13 Å². The molecule has 0 N–H and O–H groups in total. The molecule has 3 aromatic rings. The molecular formula is C17H14N2O2S. The summed E-state index contributed by atoms with van der Waals surface area (Å²) in [4.78, 5) is 17.5. The van der Waals surface area contributed by atoms with Crippen molar-refractivity contribution in [1.29, 1.82) is 0 Å². The minimum atomic E-state index is 0.638. The van der Waals surface area contributed by atoms with E-state index in [1.807, 2.05) is 60.0 Å². The number of anilines is 2. The summed E-state index contributed by atoms with van der Waals surface area (Å²) in [5.74, 6) is 0.749. The first-order chi connectivity index (χ1) is 10.8. The zero-order chi connectivity index (χ0) is 15.4. The van der Waals surface area contributed by atoms with Gasteiger partial charge in [0, 0.05) is 10.9 Å². The normalized spacial score (nSPS) is 10.2. The van der Waals surface area contributed by atoms with E-state index in [9.17, 15) is 4.79 Å². The highest BCUT2D eigenvalue weighted by Gasteiger charge is 2.13. The van der Waals surface area contributed by atoms with Gasteiger partial charge >= 0.3 is 0 Å². The van der Waals surface area contributed by atoms with E-state index in [0.29, 0.717) is 5.13 Å². The molecule has 0 unspecified atom stereocenters. The number of carbonyl (C=O) groups excluding carboxylic acids is 1. The molecule has 0 aliphatic carbocycles. The maximum atomic E-state index is 11.5. The predicted octanol–water partition coefficient (Wildman–Crippen LogP) is 4.11. The quantitative estimate of drug-likeness (QED) is 0.666. The van der Waals surface area contributed by atoms with Crippen molar-refractivity contribution in [1.82, 2.24) is 4.98 Å². The van der Waals surface area contributed by atoms with Crippen LogP contribution in [-0.4, -0.2) is 18.5 Å². The van der Waals surface area contributed by atoms with E-state index >= 15 is 0 Å². The second-order valence-corrected chi connectivity index (χ2v) is 5.39. The van der Waals surface area contributed by atoms with Gasteiger partial charge in [-0.1, -0.05) is 30.3 Å². The molecule has 5 heteroatoms. The van der Waals surface area contributed by atoms with Crippen LogP contribution in [0.4, 0.5) is 10.8 Å². The van der Waals surface area contributed by atoms with E-state index in [0.717, 1.165) is 29.1 Å². The number of hydrogen-bond acceptors (Lipinski definition) is 4. The van der Waals surface area contributed by atoms with Gasteiger partial charge in [0.1, 0.15) is 5.75 Å². The summed E-state index contributed by atoms with van der Waals surface area (Å²) in [7, 11) is 1.61. The fourth-order valence-corrected chi connectivity index (χ4v) is 2.89.